The summed E-state index contributed by atoms with van der Waals surface area (Å²) in [6.07, 6.45) is 7.29. The van der Waals surface area contributed by atoms with E-state index < -0.39 is 6.10 Å². The molecule has 5 heteroatoms. The highest BCUT2D eigenvalue weighted by atomic mass is 32.1. The van der Waals surface area contributed by atoms with Crippen molar-refractivity contribution in [1.29, 1.82) is 0 Å². The van der Waals surface area contributed by atoms with Crippen LogP contribution in [0.2, 0.25) is 0 Å². The molecule has 0 spiro atoms. The molecule has 4 nitrogen and oxygen atoms in total. The number of hydrogen-bond donors (Lipinski definition) is 2. The summed E-state index contributed by atoms with van der Waals surface area (Å²) in [5, 5.41) is 13.0. The molecule has 2 aromatic carbocycles. The minimum Gasteiger partial charge on any atom is -0.389 e. The second-order valence-electron chi connectivity index (χ2n) is 6.94. The van der Waals surface area contributed by atoms with Gasteiger partial charge in [-0.25, -0.2) is 9.97 Å². The Bertz CT molecular complexity index is 1210. The molecule has 4 aromatic rings. The highest BCUT2D eigenvalue weighted by Gasteiger charge is 2.09. The van der Waals surface area contributed by atoms with E-state index >= 15 is 0 Å². The van der Waals surface area contributed by atoms with Crippen molar-refractivity contribution in [2.45, 2.75) is 19.4 Å². The number of rotatable bonds is 6. The van der Waals surface area contributed by atoms with Gasteiger partial charge in [0.2, 0.25) is 5.95 Å². The quantitative estimate of drug-likeness (QED) is 0.391. The van der Waals surface area contributed by atoms with Gasteiger partial charge in [-0.1, -0.05) is 30.3 Å². The number of aliphatic hydroxyl groups is 1. The molecule has 1 unspecified atom stereocenters. The number of nitrogens with zero attached hydrogens (tertiary/aromatic N) is 2. The number of anilines is 2. The molecule has 0 amide bonds. The third-order valence-corrected chi connectivity index (χ3v) is 5.81. The largest absolute Gasteiger partial charge is 0.389 e. The smallest absolute Gasteiger partial charge is 0.227 e. The molecule has 0 fully saturated rings. The van der Waals surface area contributed by atoms with E-state index in [1.165, 1.54) is 4.88 Å². The zero-order chi connectivity index (χ0) is 20.9. The highest BCUT2D eigenvalue weighted by Crippen LogP contribution is 2.34. The number of thiophene rings is 1. The summed E-state index contributed by atoms with van der Waals surface area (Å²) >= 11 is 1.68. The van der Waals surface area contributed by atoms with E-state index in [4.69, 9.17) is 6.42 Å². The summed E-state index contributed by atoms with van der Waals surface area (Å²) in [6, 6.07) is 22.0. The third kappa shape index (κ3) is 4.57. The average Bonchev–Trinajstić information content (AvgIpc) is 3.25. The number of nitrogens with one attached hydrogen (secondary N) is 1. The Labute approximate surface area is 180 Å². The minimum atomic E-state index is -0.525. The van der Waals surface area contributed by atoms with Crippen molar-refractivity contribution in [2.24, 2.45) is 0 Å². The normalized spacial score (nSPS) is 11.6. The molecule has 2 heterocycles. The molecule has 4 rings (SSSR count). The Kier molecular flexibility index (Phi) is 5.89. The predicted molar refractivity (Wildman–Crippen MR) is 124 cm³/mol. The molecule has 2 aromatic heterocycles. The van der Waals surface area contributed by atoms with Gasteiger partial charge in [-0.3, -0.25) is 0 Å². The van der Waals surface area contributed by atoms with E-state index in [9.17, 15) is 5.11 Å². The van der Waals surface area contributed by atoms with E-state index in [0.29, 0.717) is 12.4 Å². The molecule has 0 bridgehead atoms. The Morgan fingerprint density at radius 3 is 2.73 bits per heavy atom. The van der Waals surface area contributed by atoms with E-state index in [2.05, 4.69) is 45.5 Å². The van der Waals surface area contributed by atoms with E-state index in [0.717, 1.165) is 32.9 Å². The molecule has 0 aliphatic carbocycles. The number of hydrogen-bond acceptors (Lipinski definition) is 5. The molecule has 0 aliphatic heterocycles. The van der Waals surface area contributed by atoms with Crippen molar-refractivity contribution in [2.75, 3.05) is 5.32 Å². The van der Waals surface area contributed by atoms with Crippen LogP contribution in [0, 0.1) is 12.3 Å². The van der Waals surface area contributed by atoms with Gasteiger partial charge in [0.25, 0.3) is 0 Å². The second kappa shape index (κ2) is 8.91. The van der Waals surface area contributed by atoms with Gasteiger partial charge in [0, 0.05) is 23.2 Å². The van der Waals surface area contributed by atoms with Crippen molar-refractivity contribution in [3.8, 4) is 33.4 Å². The van der Waals surface area contributed by atoms with Crippen LogP contribution in [0.5, 0.6) is 0 Å². The number of aromatic nitrogens is 2. The lowest BCUT2D eigenvalue weighted by Gasteiger charge is -2.09. The number of terminal acetylenes is 1. The number of benzene rings is 2. The molecular formula is C25H21N3OS. The summed E-state index contributed by atoms with van der Waals surface area (Å²) in [4.78, 5) is 11.2. The minimum absolute atomic E-state index is 0.515. The maximum atomic E-state index is 9.78. The average molecular weight is 412 g/mol. The molecular weight excluding hydrogens is 390 g/mol. The van der Waals surface area contributed by atoms with Crippen LogP contribution in [0.25, 0.3) is 21.0 Å². The van der Waals surface area contributed by atoms with Crippen molar-refractivity contribution in [3.63, 3.8) is 0 Å². The second-order valence-corrected chi connectivity index (χ2v) is 8.02. The zero-order valence-corrected chi connectivity index (χ0v) is 17.4. The lowest BCUT2D eigenvalue weighted by Crippen LogP contribution is -1.99. The summed E-state index contributed by atoms with van der Waals surface area (Å²) in [7, 11) is 0. The van der Waals surface area contributed by atoms with Crippen LogP contribution in [0.3, 0.4) is 0 Å². The van der Waals surface area contributed by atoms with Gasteiger partial charge < -0.3 is 10.4 Å². The molecule has 0 aliphatic rings. The molecule has 1 atom stereocenters. The molecule has 2 N–H and O–H groups in total. The van der Waals surface area contributed by atoms with Crippen LogP contribution in [0.4, 0.5) is 11.6 Å². The fourth-order valence-corrected chi connectivity index (χ4v) is 4.12. The first-order valence-electron chi connectivity index (χ1n) is 9.63. The maximum Gasteiger partial charge on any atom is 0.227 e. The van der Waals surface area contributed by atoms with Crippen molar-refractivity contribution >= 4 is 23.0 Å². The van der Waals surface area contributed by atoms with Crippen LogP contribution in [-0.4, -0.2) is 15.1 Å². The highest BCUT2D eigenvalue weighted by molar-refractivity contribution is 7.18. The standard InChI is InChI=1S/C25H21N3OS/c1-3-6-18-7-4-9-20(15-18)23-11-12-24(30-23)22-13-14-26-25(28-22)27-21-10-5-8-19(16-21)17(2)29/h1,4-5,7-17,29H,6H2,2H3,(H,26,27,28). The van der Waals surface area contributed by atoms with Gasteiger partial charge in [0.1, 0.15) is 0 Å². The van der Waals surface area contributed by atoms with E-state index in [-0.39, 0.29) is 0 Å². The Balaban J connectivity index is 1.57. The van der Waals surface area contributed by atoms with E-state index in [1.807, 2.05) is 42.5 Å². The van der Waals surface area contributed by atoms with Crippen molar-refractivity contribution < 1.29 is 5.11 Å². The Morgan fingerprint density at radius 2 is 1.90 bits per heavy atom. The maximum absolute atomic E-state index is 9.78. The summed E-state index contributed by atoms with van der Waals surface area (Å²) in [5.74, 6) is 3.21. The van der Waals surface area contributed by atoms with Gasteiger partial charge in [-0.15, -0.1) is 23.7 Å². The van der Waals surface area contributed by atoms with E-state index in [1.54, 1.807) is 24.5 Å². The first-order valence-corrected chi connectivity index (χ1v) is 10.4. The van der Waals surface area contributed by atoms with Crippen LogP contribution in [-0.2, 0) is 6.42 Å². The van der Waals surface area contributed by atoms with Gasteiger partial charge in [-0.05, 0) is 60.0 Å². The van der Waals surface area contributed by atoms with Crippen molar-refractivity contribution in [3.05, 3.63) is 84.1 Å². The predicted octanol–water partition coefficient (Wildman–Crippen LogP) is 5.84. The van der Waals surface area contributed by atoms with Gasteiger partial charge in [-0.2, -0.15) is 0 Å². The first-order chi connectivity index (χ1) is 14.6. The fraction of sp³-hybridized carbons (Fsp3) is 0.120. The van der Waals surface area contributed by atoms with Gasteiger partial charge >= 0.3 is 0 Å². The van der Waals surface area contributed by atoms with Gasteiger partial charge in [0.05, 0.1) is 16.7 Å². The van der Waals surface area contributed by atoms with Crippen LogP contribution in [0.1, 0.15) is 24.2 Å². The van der Waals surface area contributed by atoms with Crippen molar-refractivity contribution in [1.82, 2.24) is 9.97 Å². The SMILES string of the molecule is C#CCc1cccc(-c2ccc(-c3ccnc(Nc4cccc(C(C)O)c4)n3)s2)c1. The summed E-state index contributed by atoms with van der Waals surface area (Å²) in [5.41, 5.74) is 4.82. The summed E-state index contributed by atoms with van der Waals surface area (Å²) in [6.45, 7) is 1.74. The lowest BCUT2D eigenvalue weighted by atomic mass is 10.1. The van der Waals surface area contributed by atoms with Gasteiger partial charge in [0.15, 0.2) is 0 Å². The zero-order valence-electron chi connectivity index (χ0n) is 16.5. The lowest BCUT2D eigenvalue weighted by molar-refractivity contribution is 0.199. The first kappa shape index (κ1) is 19.8. The molecule has 148 valence electrons. The third-order valence-electron chi connectivity index (χ3n) is 4.66. The fourth-order valence-electron chi connectivity index (χ4n) is 3.14. The molecule has 0 saturated carbocycles. The number of aliphatic hydroxyl groups excluding tert-OH is 1. The Morgan fingerprint density at radius 1 is 1.07 bits per heavy atom. The molecule has 30 heavy (non-hydrogen) atoms. The molecule has 0 saturated heterocycles. The molecule has 0 radical (unpaired) electrons. The van der Waals surface area contributed by atoms with Crippen LogP contribution >= 0.6 is 11.3 Å². The Hall–Kier alpha value is -3.46. The topological polar surface area (TPSA) is 58.0 Å². The van der Waals surface area contributed by atoms with Crippen LogP contribution in [0.15, 0.2) is 72.9 Å². The van der Waals surface area contributed by atoms with Crippen LogP contribution < -0.4 is 5.32 Å². The summed E-state index contributed by atoms with van der Waals surface area (Å²) < 4.78 is 0. The monoisotopic (exact) mass is 411 g/mol.